The van der Waals surface area contributed by atoms with Gasteiger partial charge in [-0.2, -0.15) is 0 Å². The number of rotatable bonds is 2. The van der Waals surface area contributed by atoms with Crippen LogP contribution in [0.4, 0.5) is 0 Å². The Bertz CT molecular complexity index is 758. The smallest absolute Gasteiger partial charge is 0.251 e. The van der Waals surface area contributed by atoms with Crippen molar-refractivity contribution in [2.24, 2.45) is 0 Å². The van der Waals surface area contributed by atoms with Crippen LogP contribution in [0.1, 0.15) is 34.5 Å². The van der Waals surface area contributed by atoms with E-state index in [0.29, 0.717) is 12.1 Å². The zero-order chi connectivity index (χ0) is 14.4. The molecule has 2 aliphatic heterocycles. The van der Waals surface area contributed by atoms with Crippen molar-refractivity contribution in [2.75, 3.05) is 0 Å². The molecule has 1 aromatic heterocycles. The zero-order valence-corrected chi connectivity index (χ0v) is 12.4. The molecule has 21 heavy (non-hydrogen) atoms. The first-order chi connectivity index (χ1) is 10.2. The first kappa shape index (κ1) is 12.9. The van der Waals surface area contributed by atoms with Crippen LogP contribution in [-0.4, -0.2) is 24.0 Å². The van der Waals surface area contributed by atoms with E-state index in [1.54, 1.807) is 11.3 Å². The average Bonchev–Trinajstić information content (AvgIpc) is 3.20. The molecule has 2 bridgehead atoms. The Morgan fingerprint density at radius 3 is 3.00 bits per heavy atom. The summed E-state index contributed by atoms with van der Waals surface area (Å²) in [5.74, 6) is 2.67. The van der Waals surface area contributed by atoms with Gasteiger partial charge in [0.1, 0.15) is 0 Å². The minimum Gasteiger partial charge on any atom is -0.348 e. The number of carbonyl (C=O) groups is 1. The van der Waals surface area contributed by atoms with E-state index in [1.807, 2.05) is 24.3 Å². The van der Waals surface area contributed by atoms with Crippen LogP contribution in [0.5, 0.6) is 0 Å². The lowest BCUT2D eigenvalue weighted by Crippen LogP contribution is -2.42. The lowest BCUT2D eigenvalue weighted by molar-refractivity contribution is 0.0931. The number of terminal acetylenes is 1. The van der Waals surface area contributed by atoms with Gasteiger partial charge in [0.2, 0.25) is 0 Å². The van der Waals surface area contributed by atoms with Crippen LogP contribution in [0, 0.1) is 12.3 Å². The highest BCUT2D eigenvalue weighted by molar-refractivity contribution is 7.19. The third-order valence-corrected chi connectivity index (χ3v) is 5.57. The number of nitrogens with one attached hydrogen (secondary N) is 2. The van der Waals surface area contributed by atoms with Gasteiger partial charge < -0.3 is 10.6 Å². The highest BCUT2D eigenvalue weighted by Gasteiger charge is 2.39. The van der Waals surface area contributed by atoms with Gasteiger partial charge in [-0.3, -0.25) is 4.79 Å². The van der Waals surface area contributed by atoms with Crippen molar-refractivity contribution in [3.8, 4) is 12.3 Å². The summed E-state index contributed by atoms with van der Waals surface area (Å²) in [6.45, 7) is 0. The number of benzene rings is 1. The molecule has 2 aliphatic rings. The first-order valence-electron chi connectivity index (χ1n) is 7.30. The molecule has 0 saturated carbocycles. The highest BCUT2D eigenvalue weighted by Crippen LogP contribution is 2.29. The third kappa shape index (κ3) is 2.23. The molecular weight excluding hydrogens is 280 g/mol. The lowest BCUT2D eigenvalue weighted by Gasteiger charge is -2.21. The van der Waals surface area contributed by atoms with Crippen LogP contribution in [-0.2, 0) is 0 Å². The number of carbonyl (C=O) groups excluding carboxylic acids is 1. The van der Waals surface area contributed by atoms with Crippen LogP contribution in [0.3, 0.4) is 0 Å². The maximum atomic E-state index is 12.4. The molecule has 0 aliphatic carbocycles. The molecule has 1 aromatic carbocycles. The van der Waals surface area contributed by atoms with Gasteiger partial charge in [0.25, 0.3) is 5.91 Å². The first-order valence-corrected chi connectivity index (χ1v) is 8.12. The minimum atomic E-state index is 0.0203. The second kappa shape index (κ2) is 4.87. The van der Waals surface area contributed by atoms with Crippen molar-refractivity contribution >= 4 is 27.3 Å². The number of hydrogen-bond acceptors (Lipinski definition) is 3. The molecule has 4 heteroatoms. The summed E-state index contributed by atoms with van der Waals surface area (Å²) in [6, 6.07) is 9.11. The summed E-state index contributed by atoms with van der Waals surface area (Å²) in [5.41, 5.74) is 0.718. The number of amides is 1. The maximum Gasteiger partial charge on any atom is 0.251 e. The molecule has 0 unspecified atom stereocenters. The van der Waals surface area contributed by atoms with Crippen molar-refractivity contribution in [3.63, 3.8) is 0 Å². The molecule has 3 atom stereocenters. The summed E-state index contributed by atoms with van der Waals surface area (Å²) in [6.07, 6.45) is 8.90. The Morgan fingerprint density at radius 1 is 1.38 bits per heavy atom. The summed E-state index contributed by atoms with van der Waals surface area (Å²) < 4.78 is 1.07. The topological polar surface area (TPSA) is 41.1 Å². The van der Waals surface area contributed by atoms with Crippen LogP contribution in [0.2, 0.25) is 0 Å². The van der Waals surface area contributed by atoms with Crippen molar-refractivity contribution < 1.29 is 4.79 Å². The Hall–Kier alpha value is -1.83. The normalized spacial score (nSPS) is 26.9. The van der Waals surface area contributed by atoms with E-state index in [0.717, 1.165) is 26.9 Å². The van der Waals surface area contributed by atoms with Crippen LogP contribution in [0.15, 0.2) is 24.3 Å². The molecule has 1 amide bonds. The molecule has 2 fully saturated rings. The maximum absolute atomic E-state index is 12.4. The minimum absolute atomic E-state index is 0.0203. The molecular formula is C17H16N2OS. The van der Waals surface area contributed by atoms with Crippen molar-refractivity contribution in [3.05, 3.63) is 34.7 Å². The third-order valence-electron chi connectivity index (χ3n) is 4.54. The van der Waals surface area contributed by atoms with Gasteiger partial charge >= 0.3 is 0 Å². The molecule has 3 heterocycles. The Balaban J connectivity index is 1.55. The van der Waals surface area contributed by atoms with Gasteiger partial charge in [0.15, 0.2) is 0 Å². The van der Waals surface area contributed by atoms with E-state index in [-0.39, 0.29) is 11.9 Å². The molecule has 2 saturated heterocycles. The Morgan fingerprint density at radius 2 is 2.29 bits per heavy atom. The van der Waals surface area contributed by atoms with Crippen molar-refractivity contribution in [2.45, 2.75) is 37.4 Å². The van der Waals surface area contributed by atoms with E-state index >= 15 is 0 Å². The van der Waals surface area contributed by atoms with Crippen LogP contribution in [0.25, 0.3) is 10.1 Å². The second-order valence-corrected chi connectivity index (χ2v) is 6.95. The van der Waals surface area contributed by atoms with Crippen molar-refractivity contribution in [1.29, 1.82) is 0 Å². The summed E-state index contributed by atoms with van der Waals surface area (Å²) in [4.78, 5) is 13.3. The fraction of sp³-hybridized carbons (Fsp3) is 0.353. The second-order valence-electron chi connectivity index (χ2n) is 5.87. The number of fused-ring (bicyclic) bond motifs is 3. The largest absolute Gasteiger partial charge is 0.348 e. The standard InChI is InChI=1S/C17H16N2OS/c1-2-13-7-10-3-4-11(8-16(10)21-13)17(20)19-15-9-12-5-6-14(15)18-12/h1,3-4,7-8,12,14-15,18H,5-6,9H2,(H,19,20)/t12-,14+,15-/m1/s1. The molecule has 2 aromatic rings. The zero-order valence-electron chi connectivity index (χ0n) is 11.6. The fourth-order valence-corrected chi connectivity index (χ4v) is 4.39. The van der Waals surface area contributed by atoms with Gasteiger partial charge in [0.05, 0.1) is 4.88 Å². The molecule has 3 nitrogen and oxygen atoms in total. The number of hydrogen-bond donors (Lipinski definition) is 2. The molecule has 0 radical (unpaired) electrons. The van der Waals surface area contributed by atoms with E-state index in [1.165, 1.54) is 12.8 Å². The Labute approximate surface area is 127 Å². The predicted octanol–water partition coefficient (Wildman–Crippen LogP) is 2.51. The molecule has 4 rings (SSSR count). The molecule has 0 spiro atoms. The SMILES string of the molecule is C#Cc1cc2ccc(C(=O)N[C@@H]3C[C@H]4CC[C@@H]3N4)cc2s1. The van der Waals surface area contributed by atoms with Gasteiger partial charge in [-0.25, -0.2) is 0 Å². The molecule has 2 N–H and O–H groups in total. The average molecular weight is 296 g/mol. The molecule has 106 valence electrons. The van der Waals surface area contributed by atoms with Gasteiger partial charge in [0, 0.05) is 28.4 Å². The highest BCUT2D eigenvalue weighted by atomic mass is 32.1. The quantitative estimate of drug-likeness (QED) is 0.836. The predicted molar refractivity (Wildman–Crippen MR) is 85.6 cm³/mol. The van der Waals surface area contributed by atoms with E-state index in [4.69, 9.17) is 6.42 Å². The Kier molecular flexibility index (Phi) is 2.99. The van der Waals surface area contributed by atoms with Crippen LogP contribution < -0.4 is 10.6 Å². The fourth-order valence-electron chi connectivity index (χ4n) is 3.48. The van der Waals surface area contributed by atoms with E-state index in [2.05, 4.69) is 16.6 Å². The van der Waals surface area contributed by atoms with Gasteiger partial charge in [-0.15, -0.1) is 17.8 Å². The van der Waals surface area contributed by atoms with Crippen LogP contribution >= 0.6 is 11.3 Å². The van der Waals surface area contributed by atoms with E-state index < -0.39 is 0 Å². The summed E-state index contributed by atoms with van der Waals surface area (Å²) in [7, 11) is 0. The summed E-state index contributed by atoms with van der Waals surface area (Å²) in [5, 5.41) is 7.82. The monoisotopic (exact) mass is 296 g/mol. The van der Waals surface area contributed by atoms with E-state index in [9.17, 15) is 4.79 Å². The van der Waals surface area contributed by atoms with Gasteiger partial charge in [-0.1, -0.05) is 12.0 Å². The lowest BCUT2D eigenvalue weighted by atomic mass is 9.95. The summed E-state index contributed by atoms with van der Waals surface area (Å²) >= 11 is 1.56. The van der Waals surface area contributed by atoms with Crippen molar-refractivity contribution in [1.82, 2.24) is 10.6 Å². The van der Waals surface area contributed by atoms with Gasteiger partial charge in [-0.05, 0) is 42.8 Å². The number of thiophene rings is 1.